The number of carbonyl (C=O) groups excluding carboxylic acids is 1. The van der Waals surface area contributed by atoms with Crippen LogP contribution in [0.1, 0.15) is 11.1 Å². The maximum atomic E-state index is 11.8. The molecule has 106 valence electrons. The highest BCUT2D eigenvalue weighted by Crippen LogP contribution is 2.21. The smallest absolute Gasteiger partial charge is 0.271 e. The lowest BCUT2D eigenvalue weighted by atomic mass is 10.2. The van der Waals surface area contributed by atoms with Gasteiger partial charge in [-0.1, -0.05) is 6.07 Å². The number of non-ortho nitro benzene ring substituents is 1. The van der Waals surface area contributed by atoms with Crippen LogP contribution in [0.5, 0.6) is 0 Å². The topological polar surface area (TPSA) is 98.0 Å². The molecule has 0 bridgehead atoms. The fourth-order valence-electron chi connectivity index (χ4n) is 1.60. The van der Waals surface area contributed by atoms with Crippen molar-refractivity contribution in [3.8, 4) is 0 Å². The number of nitrogens with one attached hydrogen (secondary N) is 1. The van der Waals surface area contributed by atoms with Gasteiger partial charge in [0.1, 0.15) is 6.33 Å². The molecule has 1 amide bonds. The van der Waals surface area contributed by atoms with Gasteiger partial charge in [0.05, 0.1) is 10.6 Å². The van der Waals surface area contributed by atoms with Gasteiger partial charge < -0.3 is 5.32 Å². The summed E-state index contributed by atoms with van der Waals surface area (Å²) in [5.41, 5.74) is 1.76. The molecule has 7 heteroatoms. The first kappa shape index (κ1) is 14.3. The molecule has 1 heterocycles. The van der Waals surface area contributed by atoms with E-state index >= 15 is 0 Å². The lowest BCUT2D eigenvalue weighted by Crippen LogP contribution is -2.09. The van der Waals surface area contributed by atoms with Crippen molar-refractivity contribution in [3.05, 3.63) is 64.2 Å². The number of hydrogen-bond donors (Lipinski definition) is 1. The second-order valence-corrected chi connectivity index (χ2v) is 4.25. The van der Waals surface area contributed by atoms with Crippen molar-refractivity contribution < 1.29 is 9.72 Å². The Balaban J connectivity index is 2.11. The average molecular weight is 284 g/mol. The highest BCUT2D eigenvalue weighted by Gasteiger charge is 2.09. The number of nitro groups is 1. The summed E-state index contributed by atoms with van der Waals surface area (Å²) in [6.07, 6.45) is 7.40. The van der Waals surface area contributed by atoms with Crippen LogP contribution in [-0.4, -0.2) is 20.8 Å². The molecule has 1 aromatic carbocycles. The Morgan fingerprint density at radius 3 is 2.71 bits per heavy atom. The molecule has 1 N–H and O–H groups in total. The van der Waals surface area contributed by atoms with E-state index in [4.69, 9.17) is 0 Å². The number of anilines is 1. The number of aromatic nitrogens is 2. The molecular weight excluding hydrogens is 272 g/mol. The molecule has 0 aliphatic rings. The van der Waals surface area contributed by atoms with Gasteiger partial charge >= 0.3 is 0 Å². The fraction of sp³-hybridized carbons (Fsp3) is 0.0714. The number of carbonyl (C=O) groups is 1. The second-order valence-electron chi connectivity index (χ2n) is 4.25. The van der Waals surface area contributed by atoms with E-state index in [1.807, 2.05) is 0 Å². The van der Waals surface area contributed by atoms with Crippen LogP contribution < -0.4 is 5.32 Å². The van der Waals surface area contributed by atoms with Crippen molar-refractivity contribution in [2.24, 2.45) is 0 Å². The maximum absolute atomic E-state index is 11.8. The zero-order chi connectivity index (χ0) is 15.2. The van der Waals surface area contributed by atoms with Crippen LogP contribution >= 0.6 is 0 Å². The molecule has 1 aromatic heterocycles. The molecule has 0 aliphatic carbocycles. The normalized spacial score (nSPS) is 10.5. The Bertz CT molecular complexity index is 699. The van der Waals surface area contributed by atoms with Gasteiger partial charge in [-0.3, -0.25) is 14.9 Å². The zero-order valence-corrected chi connectivity index (χ0v) is 11.2. The Morgan fingerprint density at radius 1 is 1.33 bits per heavy atom. The highest BCUT2D eigenvalue weighted by atomic mass is 16.6. The molecule has 2 rings (SSSR count). The van der Waals surface area contributed by atoms with E-state index in [2.05, 4.69) is 15.3 Å². The third-order valence-corrected chi connectivity index (χ3v) is 2.70. The van der Waals surface area contributed by atoms with Gasteiger partial charge in [0, 0.05) is 36.2 Å². The van der Waals surface area contributed by atoms with Gasteiger partial charge in [-0.05, 0) is 18.6 Å². The van der Waals surface area contributed by atoms with E-state index in [9.17, 15) is 14.9 Å². The molecule has 0 unspecified atom stereocenters. The minimum Gasteiger partial charge on any atom is -0.322 e. The Kier molecular flexibility index (Phi) is 4.35. The third-order valence-electron chi connectivity index (χ3n) is 2.70. The van der Waals surface area contributed by atoms with Crippen LogP contribution in [0.25, 0.3) is 6.08 Å². The van der Waals surface area contributed by atoms with E-state index in [0.29, 0.717) is 11.3 Å². The number of nitrogens with zero attached hydrogens (tertiary/aromatic N) is 3. The van der Waals surface area contributed by atoms with E-state index in [1.54, 1.807) is 31.5 Å². The minimum absolute atomic E-state index is 0.0728. The largest absolute Gasteiger partial charge is 0.322 e. The van der Waals surface area contributed by atoms with Crippen molar-refractivity contribution in [1.29, 1.82) is 0 Å². The summed E-state index contributed by atoms with van der Waals surface area (Å²) in [7, 11) is 0. The van der Waals surface area contributed by atoms with E-state index in [-0.39, 0.29) is 11.6 Å². The molecular formula is C14H12N4O3. The summed E-state index contributed by atoms with van der Waals surface area (Å²) < 4.78 is 0. The van der Waals surface area contributed by atoms with Crippen LogP contribution in [0, 0.1) is 17.0 Å². The van der Waals surface area contributed by atoms with Gasteiger partial charge in [0.15, 0.2) is 0 Å². The van der Waals surface area contributed by atoms with Crippen LogP contribution in [0.4, 0.5) is 11.4 Å². The highest BCUT2D eigenvalue weighted by molar-refractivity contribution is 6.02. The number of benzene rings is 1. The van der Waals surface area contributed by atoms with E-state index in [0.717, 1.165) is 5.56 Å². The summed E-state index contributed by atoms with van der Waals surface area (Å²) in [5.74, 6) is -0.387. The second kappa shape index (κ2) is 6.38. The molecule has 2 aromatic rings. The first-order chi connectivity index (χ1) is 10.1. The fourth-order valence-corrected chi connectivity index (χ4v) is 1.60. The molecule has 0 radical (unpaired) electrons. The summed E-state index contributed by atoms with van der Waals surface area (Å²) in [4.78, 5) is 29.7. The first-order valence-electron chi connectivity index (χ1n) is 6.05. The molecule has 21 heavy (non-hydrogen) atoms. The predicted molar refractivity (Wildman–Crippen MR) is 77.5 cm³/mol. The van der Waals surface area contributed by atoms with Crippen molar-refractivity contribution >= 4 is 23.4 Å². The number of rotatable bonds is 4. The molecule has 0 atom stereocenters. The molecule has 0 saturated carbocycles. The number of nitro benzene ring substituents is 1. The third kappa shape index (κ3) is 3.93. The van der Waals surface area contributed by atoms with Crippen molar-refractivity contribution in [1.82, 2.24) is 9.97 Å². The van der Waals surface area contributed by atoms with Gasteiger partial charge in [0.25, 0.3) is 5.69 Å². The number of aryl methyl sites for hydroxylation is 1. The number of amides is 1. The zero-order valence-electron chi connectivity index (χ0n) is 11.2. The summed E-state index contributed by atoms with van der Waals surface area (Å²) in [6, 6.07) is 4.30. The Hall–Kier alpha value is -3.09. The van der Waals surface area contributed by atoms with Gasteiger partial charge in [0.2, 0.25) is 5.91 Å². The SMILES string of the molecule is Cc1ccc([N+](=O)[O-])cc1NC(=O)/C=C/c1cncnc1. The number of hydrogen-bond acceptors (Lipinski definition) is 5. The first-order valence-corrected chi connectivity index (χ1v) is 6.05. The van der Waals surface area contributed by atoms with Gasteiger partial charge in [-0.15, -0.1) is 0 Å². The maximum Gasteiger partial charge on any atom is 0.271 e. The minimum atomic E-state index is -0.508. The molecule has 0 aliphatic heterocycles. The van der Waals surface area contributed by atoms with Crippen LogP contribution in [-0.2, 0) is 4.79 Å². The van der Waals surface area contributed by atoms with Crippen molar-refractivity contribution in [2.75, 3.05) is 5.32 Å². The predicted octanol–water partition coefficient (Wildman–Crippen LogP) is 2.35. The Morgan fingerprint density at radius 2 is 2.05 bits per heavy atom. The lowest BCUT2D eigenvalue weighted by molar-refractivity contribution is -0.384. The lowest BCUT2D eigenvalue weighted by Gasteiger charge is -2.05. The van der Waals surface area contributed by atoms with Crippen molar-refractivity contribution in [3.63, 3.8) is 0 Å². The Labute approximate surface area is 120 Å². The van der Waals surface area contributed by atoms with E-state index < -0.39 is 4.92 Å². The van der Waals surface area contributed by atoms with Crippen LogP contribution in [0.2, 0.25) is 0 Å². The molecule has 0 spiro atoms. The summed E-state index contributed by atoms with van der Waals surface area (Å²) in [6.45, 7) is 1.76. The van der Waals surface area contributed by atoms with E-state index in [1.165, 1.54) is 24.5 Å². The van der Waals surface area contributed by atoms with Crippen molar-refractivity contribution in [2.45, 2.75) is 6.92 Å². The monoisotopic (exact) mass is 284 g/mol. The van der Waals surface area contributed by atoms with Crippen LogP contribution in [0.3, 0.4) is 0 Å². The molecule has 7 nitrogen and oxygen atoms in total. The van der Waals surface area contributed by atoms with Crippen LogP contribution in [0.15, 0.2) is 43.0 Å². The molecule has 0 fully saturated rings. The summed E-state index contributed by atoms with van der Waals surface area (Å²) in [5, 5.41) is 13.3. The van der Waals surface area contributed by atoms with Gasteiger partial charge in [-0.25, -0.2) is 9.97 Å². The summed E-state index contributed by atoms with van der Waals surface area (Å²) >= 11 is 0. The average Bonchev–Trinajstić information content (AvgIpc) is 2.48. The molecule has 0 saturated heterocycles. The standard InChI is InChI=1S/C14H12N4O3/c1-10-2-4-12(18(20)21)6-13(10)17-14(19)5-3-11-7-15-9-16-8-11/h2-9H,1H3,(H,17,19)/b5-3+. The quantitative estimate of drug-likeness (QED) is 0.528. The van der Waals surface area contributed by atoms with Gasteiger partial charge in [-0.2, -0.15) is 0 Å².